The maximum Gasteiger partial charge on any atom is 0.101 e. The summed E-state index contributed by atoms with van der Waals surface area (Å²) in [5.41, 5.74) is 0.625. The predicted molar refractivity (Wildman–Crippen MR) is 29.8 cm³/mol. The first-order valence-electron chi connectivity index (χ1n) is 2.10. The SMILES string of the molecule is CC(=N\O)/C(C)=N/O.[Pd].[Pd]. The fraction of sp³-hybridized carbons (Fsp3) is 0.500. The third-order valence-electron chi connectivity index (χ3n) is 0.824. The molecule has 0 aliphatic rings. The van der Waals surface area contributed by atoms with Crippen molar-refractivity contribution in [3.63, 3.8) is 0 Å². The molecule has 6 heteroatoms. The second-order valence-corrected chi connectivity index (χ2v) is 1.37. The first-order chi connectivity index (χ1) is 3.72. The molecule has 0 saturated carbocycles. The maximum absolute atomic E-state index is 8.03. The van der Waals surface area contributed by atoms with Crippen molar-refractivity contribution in [1.82, 2.24) is 0 Å². The van der Waals surface area contributed by atoms with Gasteiger partial charge in [-0.25, -0.2) is 0 Å². The molecule has 0 rings (SSSR count). The maximum atomic E-state index is 8.03. The van der Waals surface area contributed by atoms with Gasteiger partial charge in [0.25, 0.3) is 0 Å². The Morgan fingerprint density at radius 2 is 1.10 bits per heavy atom. The van der Waals surface area contributed by atoms with E-state index in [-0.39, 0.29) is 40.8 Å². The largest absolute Gasteiger partial charge is 0.411 e. The zero-order valence-corrected chi connectivity index (χ0v) is 8.53. The van der Waals surface area contributed by atoms with Crippen LogP contribution in [0.1, 0.15) is 13.8 Å². The van der Waals surface area contributed by atoms with Gasteiger partial charge >= 0.3 is 0 Å². The summed E-state index contributed by atoms with van der Waals surface area (Å²) in [6.07, 6.45) is 0. The van der Waals surface area contributed by atoms with Gasteiger partial charge < -0.3 is 10.4 Å². The average Bonchev–Trinajstić information content (AvgIpc) is 1.84. The van der Waals surface area contributed by atoms with Crippen LogP contribution < -0.4 is 0 Å². The third-order valence-corrected chi connectivity index (χ3v) is 0.824. The standard InChI is InChI=1S/C4H8N2O2.2Pd/c1-3(5-7)4(2)6-8;;/h7-8H,1-2H3;;/b5-3+,6-4+;;. The van der Waals surface area contributed by atoms with Crippen LogP contribution in [0.25, 0.3) is 0 Å². The Bertz CT molecular complexity index is 119. The Labute approximate surface area is 86.7 Å². The molecule has 0 amide bonds. The molecular formula is C4H8N2O2Pd2. The predicted octanol–water partition coefficient (Wildman–Crippen LogP) is 0.682. The first kappa shape index (κ1) is 16.7. The average molecular weight is 329 g/mol. The van der Waals surface area contributed by atoms with E-state index in [4.69, 9.17) is 10.4 Å². The molecular weight excluding hydrogens is 321 g/mol. The van der Waals surface area contributed by atoms with E-state index in [1.54, 1.807) is 0 Å². The number of hydrogen-bond donors (Lipinski definition) is 2. The van der Waals surface area contributed by atoms with E-state index in [9.17, 15) is 0 Å². The minimum Gasteiger partial charge on any atom is -0.411 e. The van der Waals surface area contributed by atoms with Gasteiger partial charge in [0.15, 0.2) is 0 Å². The van der Waals surface area contributed by atoms with Crippen LogP contribution in [0.4, 0.5) is 0 Å². The van der Waals surface area contributed by atoms with Crippen LogP contribution in [0.3, 0.4) is 0 Å². The zero-order valence-electron chi connectivity index (χ0n) is 5.42. The van der Waals surface area contributed by atoms with E-state index in [0.29, 0.717) is 11.4 Å². The minimum atomic E-state index is 0. The Morgan fingerprint density at radius 1 is 0.900 bits per heavy atom. The molecule has 0 aliphatic heterocycles. The van der Waals surface area contributed by atoms with Crippen molar-refractivity contribution < 1.29 is 51.3 Å². The molecule has 10 heavy (non-hydrogen) atoms. The van der Waals surface area contributed by atoms with Crippen LogP contribution in [0.2, 0.25) is 0 Å². The smallest absolute Gasteiger partial charge is 0.101 e. The van der Waals surface area contributed by atoms with E-state index in [1.807, 2.05) is 0 Å². The fourth-order valence-electron chi connectivity index (χ4n) is 0.145. The van der Waals surface area contributed by atoms with Crippen LogP contribution in [0.15, 0.2) is 10.3 Å². The monoisotopic (exact) mass is 328 g/mol. The molecule has 0 aromatic rings. The summed E-state index contributed by atoms with van der Waals surface area (Å²) < 4.78 is 0. The topological polar surface area (TPSA) is 65.2 Å². The van der Waals surface area contributed by atoms with E-state index in [2.05, 4.69) is 10.3 Å². The summed E-state index contributed by atoms with van der Waals surface area (Å²) in [4.78, 5) is 0. The summed E-state index contributed by atoms with van der Waals surface area (Å²) >= 11 is 0. The number of hydrogen-bond acceptors (Lipinski definition) is 4. The molecule has 0 bridgehead atoms. The van der Waals surface area contributed by atoms with Crippen molar-refractivity contribution in [3.05, 3.63) is 0 Å². The summed E-state index contributed by atoms with van der Waals surface area (Å²) in [5, 5.41) is 21.6. The molecule has 0 aromatic heterocycles. The molecule has 0 spiro atoms. The second-order valence-electron chi connectivity index (χ2n) is 1.37. The molecule has 4 nitrogen and oxygen atoms in total. The molecule has 0 aliphatic carbocycles. The van der Waals surface area contributed by atoms with Crippen LogP contribution in [0.5, 0.6) is 0 Å². The fourth-order valence-corrected chi connectivity index (χ4v) is 0.145. The van der Waals surface area contributed by atoms with Crippen molar-refractivity contribution in [2.75, 3.05) is 0 Å². The molecule has 0 saturated heterocycles. The van der Waals surface area contributed by atoms with E-state index < -0.39 is 0 Å². The van der Waals surface area contributed by atoms with E-state index in [1.165, 1.54) is 13.8 Å². The molecule has 0 aromatic carbocycles. The Balaban J connectivity index is -0.000000245. The van der Waals surface area contributed by atoms with Gasteiger partial charge in [-0.2, -0.15) is 0 Å². The number of nitrogens with zero attached hydrogens (tertiary/aromatic N) is 2. The second kappa shape index (κ2) is 9.26. The van der Waals surface area contributed by atoms with Crippen molar-refractivity contribution in [2.24, 2.45) is 10.3 Å². The van der Waals surface area contributed by atoms with Gasteiger partial charge in [0, 0.05) is 40.8 Å². The summed E-state index contributed by atoms with van der Waals surface area (Å²) in [7, 11) is 0. The van der Waals surface area contributed by atoms with Crippen LogP contribution in [-0.2, 0) is 40.8 Å². The van der Waals surface area contributed by atoms with Gasteiger partial charge in [-0.15, -0.1) is 0 Å². The van der Waals surface area contributed by atoms with Crippen LogP contribution in [0, 0.1) is 0 Å². The molecule has 2 N–H and O–H groups in total. The Kier molecular flexibility index (Phi) is 15.5. The van der Waals surface area contributed by atoms with Crippen molar-refractivity contribution in [3.8, 4) is 0 Å². The van der Waals surface area contributed by atoms with Crippen molar-refractivity contribution in [1.29, 1.82) is 0 Å². The molecule has 0 atom stereocenters. The Morgan fingerprint density at radius 3 is 1.20 bits per heavy atom. The molecule has 0 unspecified atom stereocenters. The molecule has 0 fully saturated rings. The van der Waals surface area contributed by atoms with Gasteiger partial charge in [-0.05, 0) is 13.8 Å². The number of rotatable bonds is 1. The summed E-state index contributed by atoms with van der Waals surface area (Å²) in [5.74, 6) is 0. The number of oxime groups is 2. The summed E-state index contributed by atoms with van der Waals surface area (Å²) in [6.45, 7) is 3.07. The first-order valence-corrected chi connectivity index (χ1v) is 2.10. The third kappa shape index (κ3) is 6.39. The van der Waals surface area contributed by atoms with Gasteiger partial charge in [0.1, 0.15) is 11.4 Å². The van der Waals surface area contributed by atoms with Crippen LogP contribution >= 0.6 is 0 Å². The summed E-state index contributed by atoms with van der Waals surface area (Å²) in [6, 6.07) is 0. The molecule has 0 heterocycles. The Hall–Kier alpha value is 0.265. The van der Waals surface area contributed by atoms with Crippen molar-refractivity contribution in [2.45, 2.75) is 13.8 Å². The van der Waals surface area contributed by atoms with Crippen LogP contribution in [-0.4, -0.2) is 21.8 Å². The zero-order chi connectivity index (χ0) is 6.57. The quantitative estimate of drug-likeness (QED) is 0.322. The molecule has 0 radical (unpaired) electrons. The van der Waals surface area contributed by atoms with Gasteiger partial charge in [0.2, 0.25) is 0 Å². The van der Waals surface area contributed by atoms with Gasteiger partial charge in [-0.1, -0.05) is 10.3 Å². The van der Waals surface area contributed by atoms with E-state index >= 15 is 0 Å². The van der Waals surface area contributed by atoms with E-state index in [0.717, 1.165) is 0 Å². The van der Waals surface area contributed by atoms with Gasteiger partial charge in [-0.3, -0.25) is 0 Å². The minimum absolute atomic E-state index is 0. The van der Waals surface area contributed by atoms with Gasteiger partial charge in [0.05, 0.1) is 0 Å². The van der Waals surface area contributed by atoms with Crippen molar-refractivity contribution >= 4 is 11.4 Å². The normalized spacial score (nSPS) is 11.4. The molecule has 66 valence electrons.